The summed E-state index contributed by atoms with van der Waals surface area (Å²) in [6, 6.07) is 11.1. The first-order valence-corrected chi connectivity index (χ1v) is 12.5. The minimum absolute atomic E-state index is 0.0312. The Kier molecular flexibility index (Phi) is 6.52. The molecule has 0 N–H and O–H groups in total. The largest absolute Gasteiger partial charge is 0.497 e. The van der Waals surface area contributed by atoms with Crippen LogP contribution in [-0.4, -0.2) is 57.5 Å². The molecular formula is C24H25NO8S. The summed E-state index contributed by atoms with van der Waals surface area (Å²) < 4.78 is 45.6. The number of rotatable bonds is 7. The molecule has 0 spiro atoms. The van der Waals surface area contributed by atoms with E-state index >= 15 is 0 Å². The highest BCUT2D eigenvalue weighted by Gasteiger charge is 2.32. The Bertz CT molecular complexity index is 1380. The fourth-order valence-corrected chi connectivity index (χ4v) is 5.54. The smallest absolute Gasteiger partial charge is 0.260 e. The van der Waals surface area contributed by atoms with Gasteiger partial charge >= 0.3 is 0 Å². The lowest BCUT2D eigenvalue weighted by Gasteiger charge is -2.23. The molecule has 0 aliphatic carbocycles. The summed E-state index contributed by atoms with van der Waals surface area (Å²) in [6.07, 6.45) is 0.423. The maximum absolute atomic E-state index is 13.0. The second-order valence-corrected chi connectivity index (χ2v) is 10.3. The summed E-state index contributed by atoms with van der Waals surface area (Å²) in [5.41, 5.74) is -0.0378. The van der Waals surface area contributed by atoms with Gasteiger partial charge < -0.3 is 23.5 Å². The van der Waals surface area contributed by atoms with Gasteiger partial charge in [-0.25, -0.2) is 8.42 Å². The van der Waals surface area contributed by atoms with Crippen molar-refractivity contribution < 1.29 is 31.8 Å². The lowest BCUT2D eigenvalue weighted by Crippen LogP contribution is -2.40. The van der Waals surface area contributed by atoms with E-state index in [4.69, 9.17) is 18.6 Å². The quantitative estimate of drug-likeness (QED) is 0.500. The zero-order valence-corrected chi connectivity index (χ0v) is 19.9. The topological polar surface area (TPSA) is 112 Å². The summed E-state index contributed by atoms with van der Waals surface area (Å²) in [4.78, 5) is 26.9. The Morgan fingerprint density at radius 1 is 1.12 bits per heavy atom. The van der Waals surface area contributed by atoms with Crippen LogP contribution in [0.3, 0.4) is 0 Å². The lowest BCUT2D eigenvalue weighted by atomic mass is 10.2. The number of hydrogen-bond donors (Lipinski definition) is 0. The first-order valence-electron chi connectivity index (χ1n) is 10.6. The number of likely N-dealkylation sites (N-methyl/N-ethyl adjacent to an activating group) is 1. The molecule has 1 saturated heterocycles. The first kappa shape index (κ1) is 23.6. The number of ether oxygens (including phenoxy) is 3. The normalized spacial score (nSPS) is 16.9. The summed E-state index contributed by atoms with van der Waals surface area (Å²) in [7, 11) is 0.0426. The molecule has 0 radical (unpaired) electrons. The van der Waals surface area contributed by atoms with Crippen molar-refractivity contribution in [1.29, 1.82) is 0 Å². The minimum Gasteiger partial charge on any atom is -0.497 e. The Morgan fingerprint density at radius 2 is 1.79 bits per heavy atom. The van der Waals surface area contributed by atoms with E-state index in [0.29, 0.717) is 40.4 Å². The molecule has 4 rings (SSSR count). The van der Waals surface area contributed by atoms with Crippen LogP contribution in [0.15, 0.2) is 51.7 Å². The number of fused-ring (bicyclic) bond motifs is 1. The Labute approximate surface area is 196 Å². The number of sulfone groups is 1. The third kappa shape index (κ3) is 5.01. The number of benzene rings is 2. The van der Waals surface area contributed by atoms with Gasteiger partial charge in [0.15, 0.2) is 16.4 Å². The molecule has 180 valence electrons. The Morgan fingerprint density at radius 3 is 2.44 bits per heavy atom. The van der Waals surface area contributed by atoms with Crippen LogP contribution in [-0.2, 0) is 14.6 Å². The van der Waals surface area contributed by atoms with Crippen molar-refractivity contribution in [3.63, 3.8) is 0 Å². The van der Waals surface area contributed by atoms with Gasteiger partial charge in [0, 0.05) is 19.2 Å². The van der Waals surface area contributed by atoms with Crippen LogP contribution in [0.5, 0.6) is 23.0 Å². The van der Waals surface area contributed by atoms with Crippen molar-refractivity contribution in [2.24, 2.45) is 0 Å². The molecule has 3 aromatic rings. The van der Waals surface area contributed by atoms with Crippen molar-refractivity contribution in [1.82, 2.24) is 4.90 Å². The fourth-order valence-electron chi connectivity index (χ4n) is 3.77. The number of amides is 1. The standard InChI is InChI=1S/C24H25NO8S/c1-15-24(33-18-6-4-17(30-3)5-7-18)23(27)20-9-8-19(12-21(20)32-15)31-13-22(26)25(2)16-10-11-34(28,29)14-16/h4-9,12,16H,10-11,13-14H2,1-3H3/t16-/m0/s1. The molecule has 10 heteroatoms. The van der Waals surface area contributed by atoms with Gasteiger partial charge in [-0.05, 0) is 49.7 Å². The predicted molar refractivity (Wildman–Crippen MR) is 126 cm³/mol. The zero-order valence-electron chi connectivity index (χ0n) is 19.1. The molecule has 1 amide bonds. The number of aryl methyl sites for hydroxylation is 1. The highest BCUT2D eigenvalue weighted by Crippen LogP contribution is 2.28. The maximum atomic E-state index is 13.0. The van der Waals surface area contributed by atoms with Crippen molar-refractivity contribution in [3.8, 4) is 23.0 Å². The van der Waals surface area contributed by atoms with Crippen molar-refractivity contribution in [3.05, 3.63) is 58.4 Å². The van der Waals surface area contributed by atoms with Crippen LogP contribution < -0.4 is 19.6 Å². The number of carbonyl (C=O) groups excluding carboxylic acids is 1. The monoisotopic (exact) mass is 487 g/mol. The van der Waals surface area contributed by atoms with E-state index in [1.165, 1.54) is 11.0 Å². The maximum Gasteiger partial charge on any atom is 0.260 e. The van der Waals surface area contributed by atoms with Crippen molar-refractivity contribution in [2.45, 2.75) is 19.4 Å². The van der Waals surface area contributed by atoms with E-state index in [2.05, 4.69) is 0 Å². The van der Waals surface area contributed by atoms with Gasteiger partial charge in [-0.1, -0.05) is 0 Å². The minimum atomic E-state index is -3.09. The van der Waals surface area contributed by atoms with Gasteiger partial charge in [0.1, 0.15) is 28.6 Å². The molecule has 1 aromatic heterocycles. The molecule has 1 atom stereocenters. The second-order valence-electron chi connectivity index (χ2n) is 8.10. The fraction of sp³-hybridized carbons (Fsp3) is 0.333. The van der Waals surface area contributed by atoms with Crippen LogP contribution in [0.4, 0.5) is 0 Å². The summed E-state index contributed by atoms with van der Waals surface area (Å²) in [5.74, 6) is 1.58. The molecule has 0 saturated carbocycles. The Hall–Kier alpha value is -3.53. The van der Waals surface area contributed by atoms with E-state index in [-0.39, 0.29) is 41.2 Å². The van der Waals surface area contributed by atoms with Gasteiger partial charge in [-0.2, -0.15) is 0 Å². The summed E-state index contributed by atoms with van der Waals surface area (Å²) in [6.45, 7) is 1.36. The summed E-state index contributed by atoms with van der Waals surface area (Å²) >= 11 is 0. The molecular weight excluding hydrogens is 462 g/mol. The third-order valence-corrected chi connectivity index (χ3v) is 7.53. The number of nitrogens with zero attached hydrogens (tertiary/aromatic N) is 1. The van der Waals surface area contributed by atoms with Crippen molar-refractivity contribution in [2.75, 3.05) is 32.3 Å². The van der Waals surface area contributed by atoms with Crippen LogP contribution >= 0.6 is 0 Å². The SMILES string of the molecule is COc1ccc(Oc2c(C)oc3cc(OCC(=O)N(C)[C@H]4CCS(=O)(=O)C4)ccc3c2=O)cc1. The Balaban J connectivity index is 1.48. The van der Waals surface area contributed by atoms with E-state index in [1.807, 2.05) is 0 Å². The molecule has 1 aliphatic rings. The molecule has 1 fully saturated rings. The molecule has 2 heterocycles. The summed E-state index contributed by atoms with van der Waals surface area (Å²) in [5, 5.41) is 0.307. The van der Waals surface area contributed by atoms with Crippen LogP contribution in [0.25, 0.3) is 11.0 Å². The van der Waals surface area contributed by atoms with Gasteiger partial charge in [0.25, 0.3) is 5.91 Å². The number of hydrogen-bond acceptors (Lipinski definition) is 8. The molecule has 34 heavy (non-hydrogen) atoms. The van der Waals surface area contributed by atoms with E-state index in [0.717, 1.165) is 0 Å². The van der Waals surface area contributed by atoms with E-state index in [1.54, 1.807) is 57.5 Å². The van der Waals surface area contributed by atoms with Gasteiger partial charge in [-0.15, -0.1) is 0 Å². The average Bonchev–Trinajstić information content (AvgIpc) is 3.19. The zero-order chi connectivity index (χ0) is 24.5. The molecule has 2 aromatic carbocycles. The lowest BCUT2D eigenvalue weighted by molar-refractivity contribution is -0.133. The number of methoxy groups -OCH3 is 1. The molecule has 1 aliphatic heterocycles. The van der Waals surface area contributed by atoms with Gasteiger partial charge in [0.2, 0.25) is 11.2 Å². The molecule has 0 unspecified atom stereocenters. The molecule has 9 nitrogen and oxygen atoms in total. The third-order valence-electron chi connectivity index (χ3n) is 5.78. The van der Waals surface area contributed by atoms with Crippen LogP contribution in [0, 0.1) is 6.92 Å². The van der Waals surface area contributed by atoms with Crippen molar-refractivity contribution >= 4 is 26.7 Å². The van der Waals surface area contributed by atoms with Gasteiger partial charge in [0.05, 0.1) is 24.0 Å². The highest BCUT2D eigenvalue weighted by atomic mass is 32.2. The van der Waals surface area contributed by atoms with Crippen LogP contribution in [0.1, 0.15) is 12.2 Å². The predicted octanol–water partition coefficient (Wildman–Crippen LogP) is 2.93. The van der Waals surface area contributed by atoms with E-state index in [9.17, 15) is 18.0 Å². The average molecular weight is 488 g/mol. The van der Waals surface area contributed by atoms with E-state index < -0.39 is 9.84 Å². The highest BCUT2D eigenvalue weighted by molar-refractivity contribution is 7.91. The van der Waals surface area contributed by atoms with Gasteiger partial charge in [-0.3, -0.25) is 9.59 Å². The first-order chi connectivity index (χ1) is 16.2. The van der Waals surface area contributed by atoms with Crippen LogP contribution in [0.2, 0.25) is 0 Å². The number of carbonyl (C=O) groups is 1. The molecule has 0 bridgehead atoms. The second kappa shape index (κ2) is 9.38.